The number of nitrogens with one attached hydrogen (secondary N) is 1. The van der Waals surface area contributed by atoms with E-state index in [-0.39, 0.29) is 25.3 Å². The first-order chi connectivity index (χ1) is 20.2. The van der Waals surface area contributed by atoms with Crippen LogP contribution in [-0.2, 0) is 27.2 Å². The van der Waals surface area contributed by atoms with Gasteiger partial charge in [-0.15, -0.1) is 0 Å². The number of aliphatic hydroxyl groups excluding tert-OH is 1. The lowest BCUT2D eigenvalue weighted by molar-refractivity contribution is -0.146. The number of nitrogens with two attached hydrogens (primary N) is 1. The normalized spacial score (nSPS) is 13.9. The van der Waals surface area contributed by atoms with Gasteiger partial charge in [0.2, 0.25) is 17.7 Å². The van der Waals surface area contributed by atoms with Crippen LogP contribution in [0.4, 0.5) is 4.39 Å². The molecule has 0 aromatic heterocycles. The summed E-state index contributed by atoms with van der Waals surface area (Å²) in [6.45, 7) is 5.26. The summed E-state index contributed by atoms with van der Waals surface area (Å²) in [6, 6.07) is 17.6. The van der Waals surface area contributed by atoms with Crippen LogP contribution in [0, 0.1) is 5.82 Å². The molecular formula is C34H43FN4O4. The lowest BCUT2D eigenvalue weighted by atomic mass is 9.98. The van der Waals surface area contributed by atoms with E-state index in [1.807, 2.05) is 56.3 Å². The number of aliphatic hydroxyl groups is 1. The summed E-state index contributed by atoms with van der Waals surface area (Å²) in [5.74, 6) is -1.68. The first-order valence-electron chi connectivity index (χ1n) is 14.4. The molecular weight excluding hydrogens is 547 g/mol. The molecule has 9 heteroatoms. The van der Waals surface area contributed by atoms with Crippen LogP contribution in [0.15, 0.2) is 78.9 Å². The van der Waals surface area contributed by atoms with Crippen molar-refractivity contribution in [3.05, 3.63) is 95.8 Å². The molecule has 43 heavy (non-hydrogen) atoms. The van der Waals surface area contributed by atoms with E-state index in [0.29, 0.717) is 12.0 Å². The predicted molar refractivity (Wildman–Crippen MR) is 168 cm³/mol. The Hall–Kier alpha value is -4.08. The monoisotopic (exact) mass is 590 g/mol. The minimum absolute atomic E-state index is 0.00196. The first-order valence-corrected chi connectivity index (χ1v) is 14.4. The summed E-state index contributed by atoms with van der Waals surface area (Å²) >= 11 is 0. The first kappa shape index (κ1) is 33.4. The lowest BCUT2D eigenvalue weighted by Gasteiger charge is -2.34. The quantitative estimate of drug-likeness (QED) is 0.263. The van der Waals surface area contributed by atoms with E-state index >= 15 is 0 Å². The molecule has 3 atom stereocenters. The molecule has 3 rings (SSSR count). The second-order valence-electron chi connectivity index (χ2n) is 11.8. The van der Waals surface area contributed by atoms with Crippen molar-refractivity contribution in [2.75, 3.05) is 20.6 Å². The van der Waals surface area contributed by atoms with Crippen LogP contribution in [0.25, 0.3) is 10.8 Å². The number of carbonyl (C=O) groups excluding carboxylic acids is 3. The molecule has 3 amide bonds. The zero-order chi connectivity index (χ0) is 31.7. The predicted octanol–water partition coefficient (Wildman–Crippen LogP) is 3.60. The third-order valence-corrected chi connectivity index (χ3v) is 7.28. The summed E-state index contributed by atoms with van der Waals surface area (Å²) in [7, 11) is 3.09. The van der Waals surface area contributed by atoms with Gasteiger partial charge in [0.15, 0.2) is 0 Å². The largest absolute Gasteiger partial charge is 0.392 e. The summed E-state index contributed by atoms with van der Waals surface area (Å²) in [5, 5.41) is 14.5. The van der Waals surface area contributed by atoms with Gasteiger partial charge in [-0.05, 0) is 67.3 Å². The molecule has 230 valence electrons. The van der Waals surface area contributed by atoms with Crippen LogP contribution in [0.1, 0.15) is 38.3 Å². The van der Waals surface area contributed by atoms with Gasteiger partial charge in [-0.3, -0.25) is 14.4 Å². The Morgan fingerprint density at radius 3 is 2.16 bits per heavy atom. The number of likely N-dealkylation sites (N-methyl/N-ethyl adjacent to an activating group) is 2. The van der Waals surface area contributed by atoms with Crippen LogP contribution in [0.5, 0.6) is 0 Å². The topological polar surface area (TPSA) is 116 Å². The number of carbonyl (C=O) groups is 3. The minimum atomic E-state index is -0.979. The molecule has 0 heterocycles. The van der Waals surface area contributed by atoms with Crippen LogP contribution in [0.3, 0.4) is 0 Å². The molecule has 0 aliphatic heterocycles. The van der Waals surface area contributed by atoms with Gasteiger partial charge in [0.05, 0.1) is 6.10 Å². The van der Waals surface area contributed by atoms with Crippen molar-refractivity contribution < 1.29 is 23.9 Å². The molecule has 3 aromatic rings. The fourth-order valence-corrected chi connectivity index (χ4v) is 4.72. The lowest BCUT2D eigenvalue weighted by Crippen LogP contribution is -2.56. The molecule has 8 nitrogen and oxygen atoms in total. The van der Waals surface area contributed by atoms with E-state index in [2.05, 4.69) is 5.32 Å². The number of halogens is 1. The van der Waals surface area contributed by atoms with Crippen molar-refractivity contribution in [2.24, 2.45) is 5.73 Å². The Kier molecular flexibility index (Phi) is 11.6. The molecule has 0 saturated carbocycles. The van der Waals surface area contributed by atoms with Crippen LogP contribution in [0.2, 0.25) is 0 Å². The number of benzene rings is 3. The fraction of sp³-hybridized carbons (Fsp3) is 0.382. The molecule has 0 aliphatic carbocycles. The average Bonchev–Trinajstić information content (AvgIpc) is 2.96. The number of nitrogens with zero attached hydrogens (tertiary/aromatic N) is 2. The number of hydrogen-bond donors (Lipinski definition) is 3. The van der Waals surface area contributed by atoms with Crippen molar-refractivity contribution in [3.8, 4) is 0 Å². The smallest absolute Gasteiger partial charge is 0.246 e. The third kappa shape index (κ3) is 10.0. The van der Waals surface area contributed by atoms with Gasteiger partial charge in [0.25, 0.3) is 0 Å². The molecule has 0 unspecified atom stereocenters. The van der Waals surface area contributed by atoms with Gasteiger partial charge in [-0.1, -0.05) is 60.7 Å². The summed E-state index contributed by atoms with van der Waals surface area (Å²) in [5.41, 5.74) is 7.07. The Labute approximate surface area is 253 Å². The SMILES string of the molecule is C[C@@H](O)CNC(=O)[C@@H](Cc1ccc(F)cc1)N(C)C(=O)[C@@H](Cc1ccc2ccccc2c1)N(C)C(=O)C=CCC(C)(C)N. The minimum Gasteiger partial charge on any atom is -0.392 e. The Morgan fingerprint density at radius 2 is 1.53 bits per heavy atom. The number of amides is 3. The zero-order valence-electron chi connectivity index (χ0n) is 25.6. The van der Waals surface area contributed by atoms with Gasteiger partial charge < -0.3 is 26.0 Å². The highest BCUT2D eigenvalue weighted by atomic mass is 19.1. The van der Waals surface area contributed by atoms with Crippen LogP contribution < -0.4 is 11.1 Å². The van der Waals surface area contributed by atoms with Crippen LogP contribution >= 0.6 is 0 Å². The highest BCUT2D eigenvalue weighted by Crippen LogP contribution is 2.20. The fourth-order valence-electron chi connectivity index (χ4n) is 4.72. The van der Waals surface area contributed by atoms with E-state index in [9.17, 15) is 23.9 Å². The molecule has 0 spiro atoms. The summed E-state index contributed by atoms with van der Waals surface area (Å²) < 4.78 is 13.6. The molecule has 3 aromatic carbocycles. The van der Waals surface area contributed by atoms with Crippen LogP contribution in [-0.4, -0.2) is 77.0 Å². The van der Waals surface area contributed by atoms with Gasteiger partial charge in [-0.2, -0.15) is 0 Å². The Balaban J connectivity index is 1.96. The number of hydrogen-bond acceptors (Lipinski definition) is 5. The molecule has 0 aliphatic rings. The van der Waals surface area contributed by atoms with Gasteiger partial charge in [0.1, 0.15) is 17.9 Å². The van der Waals surface area contributed by atoms with Crippen molar-refractivity contribution in [1.82, 2.24) is 15.1 Å². The Morgan fingerprint density at radius 1 is 0.930 bits per heavy atom. The Bertz CT molecular complexity index is 1430. The van der Waals surface area contributed by atoms with E-state index in [4.69, 9.17) is 5.73 Å². The zero-order valence-corrected chi connectivity index (χ0v) is 25.6. The summed E-state index contributed by atoms with van der Waals surface area (Å²) in [6.07, 6.45) is 3.12. The maximum Gasteiger partial charge on any atom is 0.246 e. The molecule has 4 N–H and O–H groups in total. The number of rotatable bonds is 13. The standard InChI is InChI=1S/C34H43FN4O4/c1-23(40)22-37-32(42)29(20-24-13-16-28(35)17-14-24)39(5)33(43)30(38(4)31(41)11-8-18-34(2,3)36)21-25-12-15-26-9-6-7-10-27(26)19-25/h6-17,19,23,29-30,40H,18,20-22,36H2,1-5H3,(H,37,42)/t23-,29-,30-/m1/s1. The van der Waals surface area contributed by atoms with E-state index in [1.165, 1.54) is 35.1 Å². The van der Waals surface area contributed by atoms with Crippen molar-refractivity contribution in [3.63, 3.8) is 0 Å². The summed E-state index contributed by atoms with van der Waals surface area (Å²) in [4.78, 5) is 43.6. The van der Waals surface area contributed by atoms with Gasteiger partial charge in [0, 0.05) is 39.0 Å². The van der Waals surface area contributed by atoms with Gasteiger partial charge >= 0.3 is 0 Å². The van der Waals surface area contributed by atoms with E-state index < -0.39 is 41.4 Å². The maximum atomic E-state index is 14.2. The van der Waals surface area contributed by atoms with Crippen molar-refractivity contribution >= 4 is 28.5 Å². The molecule has 0 bridgehead atoms. The molecule has 0 fully saturated rings. The molecule has 0 radical (unpaired) electrons. The second kappa shape index (κ2) is 14.9. The van der Waals surface area contributed by atoms with E-state index in [0.717, 1.165) is 16.3 Å². The average molecular weight is 591 g/mol. The second-order valence-corrected chi connectivity index (χ2v) is 11.8. The molecule has 0 saturated heterocycles. The number of fused-ring (bicyclic) bond motifs is 1. The van der Waals surface area contributed by atoms with Crippen molar-refractivity contribution in [2.45, 2.75) is 63.8 Å². The third-order valence-electron chi connectivity index (χ3n) is 7.28. The van der Waals surface area contributed by atoms with E-state index in [1.54, 1.807) is 32.2 Å². The highest BCUT2D eigenvalue weighted by Gasteiger charge is 2.35. The highest BCUT2D eigenvalue weighted by molar-refractivity contribution is 5.95. The maximum absolute atomic E-state index is 14.2. The van der Waals surface area contributed by atoms with Crippen molar-refractivity contribution in [1.29, 1.82) is 0 Å². The van der Waals surface area contributed by atoms with Gasteiger partial charge in [-0.25, -0.2) is 4.39 Å².